The molecule has 3 rings (SSSR count). The van der Waals surface area contributed by atoms with E-state index in [1.165, 1.54) is 0 Å². The van der Waals surface area contributed by atoms with Crippen LogP contribution in [0.3, 0.4) is 0 Å². The lowest BCUT2D eigenvalue weighted by atomic mass is 10.0. The highest BCUT2D eigenvalue weighted by Crippen LogP contribution is 2.36. The summed E-state index contributed by atoms with van der Waals surface area (Å²) in [6.45, 7) is 0.891. The molecule has 28 heavy (non-hydrogen) atoms. The zero-order chi connectivity index (χ0) is 20.4. The third-order valence-electron chi connectivity index (χ3n) is 4.13. The summed E-state index contributed by atoms with van der Waals surface area (Å²) in [5.41, 5.74) is -1.56. The number of benzene rings is 2. The smallest absolute Gasteiger partial charge is 0.381 e. The third kappa shape index (κ3) is 5.17. The maximum absolute atomic E-state index is 12.9. The Morgan fingerprint density at radius 1 is 0.857 bits per heavy atom. The van der Waals surface area contributed by atoms with Crippen molar-refractivity contribution < 1.29 is 35.8 Å². The van der Waals surface area contributed by atoms with Crippen LogP contribution in [0.1, 0.15) is 35.0 Å². The van der Waals surface area contributed by atoms with E-state index in [9.17, 15) is 26.3 Å². The van der Waals surface area contributed by atoms with E-state index in [-0.39, 0.29) is 18.2 Å². The largest absolute Gasteiger partial charge is 0.416 e. The third-order valence-corrected chi connectivity index (χ3v) is 4.13. The van der Waals surface area contributed by atoms with E-state index in [0.29, 0.717) is 36.6 Å². The molecule has 1 fully saturated rings. The highest BCUT2D eigenvalue weighted by atomic mass is 19.4. The number of nitrogens with one attached hydrogen (secondary N) is 1. The van der Waals surface area contributed by atoms with Crippen LogP contribution >= 0.6 is 0 Å². The number of halogens is 6. The standard InChI is InChI=1S/C19H17F6NO2/c20-18(21,22)14-7-12(8-15(10-14)19(23,24)25)11-26-16-4-1-3-13(9-16)17-27-5-2-6-28-17/h1,3-4,7-10,17,26H,2,5-6,11H2. The Morgan fingerprint density at radius 3 is 2.04 bits per heavy atom. The van der Waals surface area contributed by atoms with Gasteiger partial charge in [0.05, 0.1) is 24.3 Å². The van der Waals surface area contributed by atoms with Crippen LogP contribution < -0.4 is 5.32 Å². The Hall–Kier alpha value is -2.26. The van der Waals surface area contributed by atoms with Crippen molar-refractivity contribution in [2.24, 2.45) is 0 Å². The van der Waals surface area contributed by atoms with Gasteiger partial charge in [-0.2, -0.15) is 26.3 Å². The van der Waals surface area contributed by atoms with Crippen molar-refractivity contribution in [2.45, 2.75) is 31.6 Å². The average molecular weight is 405 g/mol. The number of ether oxygens (including phenoxy) is 2. The fraction of sp³-hybridized carbons (Fsp3) is 0.368. The molecule has 0 radical (unpaired) electrons. The molecule has 0 amide bonds. The van der Waals surface area contributed by atoms with Crippen molar-refractivity contribution in [3.05, 3.63) is 64.7 Å². The molecule has 1 heterocycles. The molecule has 152 valence electrons. The minimum Gasteiger partial charge on any atom is -0.381 e. The van der Waals surface area contributed by atoms with Crippen LogP contribution in [-0.2, 0) is 28.4 Å². The number of alkyl halides is 6. The number of hydrogen-bond donors (Lipinski definition) is 1. The molecule has 9 heteroatoms. The first-order chi connectivity index (χ1) is 13.1. The van der Waals surface area contributed by atoms with Gasteiger partial charge in [0.15, 0.2) is 6.29 Å². The van der Waals surface area contributed by atoms with Gasteiger partial charge in [-0.3, -0.25) is 0 Å². The van der Waals surface area contributed by atoms with Crippen molar-refractivity contribution in [2.75, 3.05) is 18.5 Å². The molecule has 0 unspecified atom stereocenters. The Balaban J connectivity index is 1.78. The van der Waals surface area contributed by atoms with Crippen molar-refractivity contribution in [3.8, 4) is 0 Å². The maximum Gasteiger partial charge on any atom is 0.416 e. The van der Waals surface area contributed by atoms with Gasteiger partial charge in [-0.15, -0.1) is 0 Å². The van der Waals surface area contributed by atoms with E-state index in [1.807, 2.05) is 0 Å². The average Bonchev–Trinajstić information content (AvgIpc) is 2.66. The molecule has 0 atom stereocenters. The van der Waals surface area contributed by atoms with Gasteiger partial charge in [-0.05, 0) is 42.3 Å². The summed E-state index contributed by atoms with van der Waals surface area (Å²) in [4.78, 5) is 0. The summed E-state index contributed by atoms with van der Waals surface area (Å²) in [7, 11) is 0. The zero-order valence-corrected chi connectivity index (χ0v) is 14.5. The zero-order valence-electron chi connectivity index (χ0n) is 14.5. The Morgan fingerprint density at radius 2 is 1.46 bits per heavy atom. The molecular weight excluding hydrogens is 388 g/mol. The second-order valence-corrected chi connectivity index (χ2v) is 6.32. The van der Waals surface area contributed by atoms with Crippen LogP contribution in [0.5, 0.6) is 0 Å². The minimum absolute atomic E-state index is 0.113. The summed E-state index contributed by atoms with van der Waals surface area (Å²) >= 11 is 0. The summed E-state index contributed by atoms with van der Waals surface area (Å²) < 4.78 is 88.6. The molecule has 0 aliphatic carbocycles. The molecule has 0 bridgehead atoms. The molecule has 2 aromatic carbocycles. The van der Waals surface area contributed by atoms with E-state index >= 15 is 0 Å². The topological polar surface area (TPSA) is 30.5 Å². The van der Waals surface area contributed by atoms with Gasteiger partial charge in [0.2, 0.25) is 0 Å². The van der Waals surface area contributed by atoms with Crippen molar-refractivity contribution in [3.63, 3.8) is 0 Å². The molecule has 0 spiro atoms. The van der Waals surface area contributed by atoms with E-state index in [0.717, 1.165) is 6.42 Å². The summed E-state index contributed by atoms with van der Waals surface area (Å²) in [6.07, 6.45) is -9.50. The van der Waals surface area contributed by atoms with Crippen LogP contribution in [0.2, 0.25) is 0 Å². The first-order valence-electron chi connectivity index (χ1n) is 8.48. The van der Waals surface area contributed by atoms with Crippen LogP contribution in [0.15, 0.2) is 42.5 Å². The molecule has 0 aromatic heterocycles. The van der Waals surface area contributed by atoms with Crippen LogP contribution in [0.4, 0.5) is 32.0 Å². The first-order valence-corrected chi connectivity index (χ1v) is 8.48. The quantitative estimate of drug-likeness (QED) is 0.655. The van der Waals surface area contributed by atoms with Gasteiger partial charge in [0, 0.05) is 17.8 Å². The van der Waals surface area contributed by atoms with Gasteiger partial charge in [-0.25, -0.2) is 0 Å². The lowest BCUT2D eigenvalue weighted by molar-refractivity contribution is -0.183. The second kappa shape index (κ2) is 8.00. The van der Waals surface area contributed by atoms with Gasteiger partial charge in [-0.1, -0.05) is 12.1 Å². The predicted octanol–water partition coefficient (Wildman–Crippen LogP) is 5.77. The monoisotopic (exact) mass is 405 g/mol. The van der Waals surface area contributed by atoms with Crippen molar-refractivity contribution in [1.82, 2.24) is 0 Å². The molecule has 1 aliphatic heterocycles. The van der Waals surface area contributed by atoms with Crippen LogP contribution in [-0.4, -0.2) is 13.2 Å². The Bertz CT molecular complexity index is 781. The molecule has 1 N–H and O–H groups in total. The summed E-state index contributed by atoms with van der Waals surface area (Å²) in [6, 6.07) is 8.35. The number of rotatable bonds is 4. The molecule has 1 aliphatic rings. The lowest BCUT2D eigenvalue weighted by Gasteiger charge is -2.24. The lowest BCUT2D eigenvalue weighted by Crippen LogP contribution is -2.17. The summed E-state index contributed by atoms with van der Waals surface area (Å²) in [5, 5.41) is 2.85. The number of anilines is 1. The van der Waals surface area contributed by atoms with Gasteiger partial charge in [0.25, 0.3) is 0 Å². The fourth-order valence-electron chi connectivity index (χ4n) is 2.80. The molecule has 2 aromatic rings. The predicted molar refractivity (Wildman–Crippen MR) is 89.5 cm³/mol. The fourth-order valence-corrected chi connectivity index (χ4v) is 2.80. The second-order valence-electron chi connectivity index (χ2n) is 6.32. The maximum atomic E-state index is 12.9. The molecule has 0 saturated carbocycles. The Labute approximate surface area is 157 Å². The van der Waals surface area contributed by atoms with E-state index < -0.39 is 29.8 Å². The van der Waals surface area contributed by atoms with Gasteiger partial charge >= 0.3 is 12.4 Å². The molecule has 3 nitrogen and oxygen atoms in total. The first kappa shape index (κ1) is 20.5. The van der Waals surface area contributed by atoms with E-state index in [4.69, 9.17) is 9.47 Å². The van der Waals surface area contributed by atoms with E-state index in [2.05, 4.69) is 5.32 Å². The number of hydrogen-bond acceptors (Lipinski definition) is 3. The SMILES string of the molecule is FC(F)(F)c1cc(CNc2cccc(C3OCCCO3)c2)cc(C(F)(F)F)c1. The normalized spacial score (nSPS) is 16.2. The van der Waals surface area contributed by atoms with Crippen LogP contribution in [0, 0.1) is 0 Å². The van der Waals surface area contributed by atoms with E-state index in [1.54, 1.807) is 24.3 Å². The highest BCUT2D eigenvalue weighted by molar-refractivity contribution is 5.47. The van der Waals surface area contributed by atoms with Crippen molar-refractivity contribution >= 4 is 5.69 Å². The van der Waals surface area contributed by atoms with Gasteiger partial charge < -0.3 is 14.8 Å². The van der Waals surface area contributed by atoms with Gasteiger partial charge in [0.1, 0.15) is 0 Å². The summed E-state index contributed by atoms with van der Waals surface area (Å²) in [5.74, 6) is 0. The molecular formula is C19H17F6NO2. The molecule has 1 saturated heterocycles. The Kier molecular flexibility index (Phi) is 5.85. The minimum atomic E-state index is -4.87. The van der Waals surface area contributed by atoms with Crippen LogP contribution in [0.25, 0.3) is 0 Å². The highest BCUT2D eigenvalue weighted by Gasteiger charge is 2.36. The van der Waals surface area contributed by atoms with Crippen molar-refractivity contribution in [1.29, 1.82) is 0 Å².